The van der Waals surface area contributed by atoms with Crippen molar-refractivity contribution in [2.24, 2.45) is 11.3 Å². The van der Waals surface area contributed by atoms with Crippen LogP contribution in [0.15, 0.2) is 24.3 Å². The summed E-state index contributed by atoms with van der Waals surface area (Å²) in [7, 11) is 0. The average Bonchev–Trinajstić information content (AvgIpc) is 2.54. The molecule has 0 unspecified atom stereocenters. The topological polar surface area (TPSA) is 40.5 Å². The summed E-state index contributed by atoms with van der Waals surface area (Å²) in [5.74, 6) is 0.435. The third-order valence-corrected chi connectivity index (χ3v) is 2.66. The molecule has 0 radical (unpaired) electrons. The van der Waals surface area contributed by atoms with E-state index in [9.17, 15) is 5.11 Å². The molecule has 1 aliphatic carbocycles. The molecule has 0 fully saturated rings. The van der Waals surface area contributed by atoms with Crippen LogP contribution in [0.4, 0.5) is 0 Å². The van der Waals surface area contributed by atoms with E-state index in [2.05, 4.69) is 19.1 Å². The van der Waals surface area contributed by atoms with E-state index < -0.39 is 5.60 Å². The van der Waals surface area contributed by atoms with Crippen LogP contribution in [-0.4, -0.2) is 22.4 Å². The van der Waals surface area contributed by atoms with Crippen molar-refractivity contribution in [1.29, 1.82) is 0 Å². The van der Waals surface area contributed by atoms with Crippen LogP contribution in [0.3, 0.4) is 0 Å². The van der Waals surface area contributed by atoms with Crippen molar-refractivity contribution in [1.82, 2.24) is 0 Å². The number of aliphatic hydroxyl groups excluding tert-OH is 1. The van der Waals surface area contributed by atoms with Crippen LogP contribution in [0, 0.1) is 18.3 Å². The number of rotatable bonds is 0. The van der Waals surface area contributed by atoms with E-state index in [1.165, 1.54) is 0 Å². The Kier molecular flexibility index (Phi) is 14.4. The summed E-state index contributed by atoms with van der Waals surface area (Å²) < 4.78 is 0. The van der Waals surface area contributed by atoms with Crippen molar-refractivity contribution < 1.29 is 36.1 Å². The molecule has 0 spiro atoms. The minimum Gasteiger partial charge on any atom is -0.397 e. The molecule has 1 rings (SSSR count). The summed E-state index contributed by atoms with van der Waals surface area (Å²) in [6, 6.07) is 0. The molecular weight excluding hydrogens is 391 g/mol. The van der Waals surface area contributed by atoms with Crippen molar-refractivity contribution in [3.63, 3.8) is 0 Å². The smallest absolute Gasteiger partial charge is 0.0639 e. The fraction of sp³-hybridized carbons (Fsp3) is 0.667. The van der Waals surface area contributed by atoms with Gasteiger partial charge in [-0.3, -0.25) is 0 Å². The third-order valence-electron chi connectivity index (χ3n) is 2.66. The van der Waals surface area contributed by atoms with Crippen LogP contribution in [0.5, 0.6) is 0 Å². The second kappa shape index (κ2) is 11.1. The Morgan fingerprint density at radius 2 is 1.28 bits per heavy atom. The second-order valence-corrected chi connectivity index (χ2v) is 5.56. The monoisotopic (exact) mass is 421 g/mol. The summed E-state index contributed by atoms with van der Waals surface area (Å²) >= 11 is 0. The van der Waals surface area contributed by atoms with Gasteiger partial charge in [0.1, 0.15) is 0 Å². The largest absolute Gasteiger partial charge is 0.397 e. The molecule has 3 heteroatoms. The van der Waals surface area contributed by atoms with Gasteiger partial charge < -0.3 is 17.1 Å². The van der Waals surface area contributed by atoms with E-state index in [1.54, 1.807) is 6.92 Å². The molecule has 0 atom stereocenters. The molecule has 0 aromatic heterocycles. The van der Waals surface area contributed by atoms with Crippen LogP contribution in [0.1, 0.15) is 41.5 Å². The Morgan fingerprint density at radius 1 is 1.06 bits per heavy atom. The molecule has 0 saturated heterocycles. The molecule has 106 valence electrons. The summed E-state index contributed by atoms with van der Waals surface area (Å²) in [4.78, 5) is 0. The van der Waals surface area contributed by atoms with Gasteiger partial charge in [-0.1, -0.05) is 32.9 Å². The van der Waals surface area contributed by atoms with Crippen molar-refractivity contribution in [2.45, 2.75) is 47.1 Å². The van der Waals surface area contributed by atoms with E-state index >= 15 is 0 Å². The van der Waals surface area contributed by atoms with Gasteiger partial charge in [-0.2, -0.15) is 0 Å². The molecule has 1 aliphatic rings. The maximum atomic E-state index is 9.35. The van der Waals surface area contributed by atoms with Crippen LogP contribution >= 0.6 is 0 Å². The Bertz CT molecular complexity index is 208. The normalized spacial score (nSPS) is 14.1. The average molecular weight is 420 g/mol. The fourth-order valence-corrected chi connectivity index (χ4v) is 0.478. The molecule has 2 nitrogen and oxygen atoms in total. The molecule has 0 aliphatic heterocycles. The number of allylic oxidation sites excluding steroid dienone is 4. The van der Waals surface area contributed by atoms with Gasteiger partial charge in [-0.05, 0) is 26.2 Å². The first kappa shape index (κ1) is 23.4. The minimum absolute atomic E-state index is 0. The van der Waals surface area contributed by atoms with E-state index in [1.807, 2.05) is 46.8 Å². The van der Waals surface area contributed by atoms with Gasteiger partial charge in [-0.15, -0.1) is 18.1 Å². The minimum atomic E-state index is -0.562. The molecule has 0 saturated carbocycles. The van der Waals surface area contributed by atoms with Crippen molar-refractivity contribution >= 4 is 0 Å². The predicted molar refractivity (Wildman–Crippen MR) is 75.6 cm³/mol. The Hall–Kier alpha value is 0.270. The molecule has 0 bridgehead atoms. The number of aliphatic hydroxyl groups is 2. The van der Waals surface area contributed by atoms with Crippen LogP contribution in [0.25, 0.3) is 0 Å². The number of hydrogen-bond donors (Lipinski definition) is 2. The predicted octanol–water partition coefficient (Wildman–Crippen LogP) is 3.36. The Labute approximate surface area is 132 Å². The first-order valence-electron chi connectivity index (χ1n) is 6.07. The second-order valence-electron chi connectivity index (χ2n) is 5.56. The van der Waals surface area contributed by atoms with Crippen molar-refractivity contribution in [3.05, 3.63) is 31.2 Å². The molecular formula is C15H29HfO2-. The molecule has 2 N–H and O–H groups in total. The zero-order valence-corrected chi connectivity index (χ0v) is 16.3. The zero-order valence-electron chi connectivity index (χ0n) is 12.7. The SMILES string of the molecule is CC(C)(C)C(C)(C)O.CCO.[CH2-]C1C=CC=C1.[Hf]. The quantitative estimate of drug-likeness (QED) is 0.467. The van der Waals surface area contributed by atoms with Gasteiger partial charge in [0.15, 0.2) is 0 Å². The van der Waals surface area contributed by atoms with Crippen LogP contribution in [-0.2, 0) is 25.8 Å². The Morgan fingerprint density at radius 3 is 1.33 bits per heavy atom. The summed E-state index contributed by atoms with van der Waals surface area (Å²) in [5, 5.41) is 16.9. The molecule has 18 heavy (non-hydrogen) atoms. The maximum Gasteiger partial charge on any atom is 0.0639 e. The molecule has 0 amide bonds. The molecule has 0 aromatic rings. The third kappa shape index (κ3) is 14.3. The first-order chi connectivity index (χ1) is 7.56. The van der Waals surface area contributed by atoms with Crippen molar-refractivity contribution in [3.8, 4) is 0 Å². The van der Waals surface area contributed by atoms with Crippen LogP contribution < -0.4 is 0 Å². The van der Waals surface area contributed by atoms with Crippen molar-refractivity contribution in [2.75, 3.05) is 6.61 Å². The number of hydrogen-bond acceptors (Lipinski definition) is 2. The fourth-order valence-electron chi connectivity index (χ4n) is 0.478. The standard InChI is InChI=1S/C7H16O.C6H7.C2H6O.Hf/c1-6(2,3)7(4,5)8;1-6-4-2-3-5-6;1-2-3;/h8H,1-5H3;2-6H,1H2;3H,2H2,1H3;/q;-1;;. The van der Waals surface area contributed by atoms with Gasteiger partial charge in [0.05, 0.1) is 5.60 Å². The van der Waals surface area contributed by atoms with Crippen LogP contribution in [0.2, 0.25) is 0 Å². The van der Waals surface area contributed by atoms with Gasteiger partial charge in [0, 0.05) is 32.5 Å². The summed E-state index contributed by atoms with van der Waals surface area (Å²) in [6.45, 7) is 15.4. The molecule has 0 aromatic carbocycles. The zero-order chi connectivity index (χ0) is 14.1. The van der Waals surface area contributed by atoms with Gasteiger partial charge in [0.25, 0.3) is 0 Å². The summed E-state index contributed by atoms with van der Waals surface area (Å²) in [5.41, 5.74) is -0.569. The van der Waals surface area contributed by atoms with Gasteiger partial charge in [-0.25, -0.2) is 0 Å². The van der Waals surface area contributed by atoms with E-state index in [4.69, 9.17) is 5.11 Å². The summed E-state index contributed by atoms with van der Waals surface area (Å²) in [6.07, 6.45) is 8.13. The van der Waals surface area contributed by atoms with E-state index in [0.717, 1.165) is 0 Å². The van der Waals surface area contributed by atoms with Gasteiger partial charge >= 0.3 is 0 Å². The van der Waals surface area contributed by atoms with E-state index in [0.29, 0.717) is 5.92 Å². The maximum absolute atomic E-state index is 9.35. The Balaban J connectivity index is -0.000000200. The van der Waals surface area contributed by atoms with E-state index in [-0.39, 0.29) is 37.9 Å². The van der Waals surface area contributed by atoms with Gasteiger partial charge in [0.2, 0.25) is 0 Å². The molecule has 0 heterocycles. The first-order valence-corrected chi connectivity index (χ1v) is 6.07.